The SMILES string of the molecule is CCCCCCCCCCCCCCCC(=O)OC[C@H](COP(=O)([O-])OCC1OC(OC2OC(COP(=O)(O)OC[C@@H](COC(=O)CCCCCCCCCCCCCCC)OC(=O)CCCCCCC[C@H]3C[C@H]3CCCCCC)C(O)C(O)C2O)C(O)C(O)C1O)OC(=O)CCCCCCC[C@H]1C[C@H]1CCCCCC. The van der Waals surface area contributed by atoms with Crippen molar-refractivity contribution in [2.24, 2.45) is 23.7 Å². The van der Waals surface area contributed by atoms with E-state index in [-0.39, 0.29) is 25.7 Å². The Bertz CT molecular complexity index is 2300. The third kappa shape index (κ3) is 48.4. The van der Waals surface area contributed by atoms with Gasteiger partial charge in [-0.2, -0.15) is 0 Å². The molecule has 25 nitrogen and oxygen atoms in total. The normalized spacial score (nSPS) is 25.4. The van der Waals surface area contributed by atoms with Crippen molar-refractivity contribution < 1.29 is 120 Å². The molecule has 27 heteroatoms. The number of phosphoric acid groups is 2. The second-order valence-corrected chi connectivity index (χ2v) is 35.5. The molecule has 2 heterocycles. The van der Waals surface area contributed by atoms with Crippen molar-refractivity contribution in [2.75, 3.05) is 39.6 Å². The molecule has 7 N–H and O–H groups in total. The number of aliphatic hydroxyl groups excluding tert-OH is 6. The molecule has 2 saturated heterocycles. The maximum Gasteiger partial charge on any atom is 0.472 e. The molecule has 4 rings (SSSR count). The van der Waals surface area contributed by atoms with Gasteiger partial charge in [-0.3, -0.25) is 32.8 Å². The summed E-state index contributed by atoms with van der Waals surface area (Å²) in [5.41, 5.74) is 0. The molecule has 0 aromatic heterocycles. The van der Waals surface area contributed by atoms with Gasteiger partial charge in [0.1, 0.15) is 62.0 Å². The van der Waals surface area contributed by atoms with Crippen LogP contribution in [0.25, 0.3) is 0 Å². The molecule has 0 amide bonds. The van der Waals surface area contributed by atoms with Gasteiger partial charge in [-0.05, 0) is 62.2 Å². The molecule has 2 aliphatic heterocycles. The minimum absolute atomic E-state index is 0.0331. The molecule has 18 atom stereocenters. The van der Waals surface area contributed by atoms with E-state index in [0.29, 0.717) is 25.7 Å². The monoisotopic (exact) mass is 1630 g/mol. The topological polar surface area (TPSA) is 369 Å². The number of aliphatic hydroxyl groups is 6. The Labute approximate surface area is 667 Å². The third-order valence-electron chi connectivity index (χ3n) is 22.6. The average Bonchev–Trinajstić information content (AvgIpc) is 1.64. The molecule has 4 aliphatic rings. The van der Waals surface area contributed by atoms with Gasteiger partial charge in [0.05, 0.1) is 26.4 Å². The third-order valence-corrected chi connectivity index (χ3v) is 24.5. The maximum atomic E-state index is 13.5. The quantitative estimate of drug-likeness (QED) is 0.0129. The number of phosphoric ester groups is 2. The Kier molecular flexibility index (Phi) is 56.4. The molecule has 12 unspecified atom stereocenters. The van der Waals surface area contributed by atoms with Crippen LogP contribution in [0.2, 0.25) is 0 Å². The first-order valence-corrected chi connectivity index (χ1v) is 47.5. The predicted molar refractivity (Wildman–Crippen MR) is 423 cm³/mol. The van der Waals surface area contributed by atoms with Gasteiger partial charge in [0.25, 0.3) is 7.82 Å². The number of hydrogen-bond donors (Lipinski definition) is 7. The van der Waals surface area contributed by atoms with E-state index < -0.39 is 153 Å². The van der Waals surface area contributed by atoms with Crippen LogP contribution in [0.15, 0.2) is 0 Å². The summed E-state index contributed by atoms with van der Waals surface area (Å²) in [5, 5.41) is 65.9. The second kappa shape index (κ2) is 62.0. The summed E-state index contributed by atoms with van der Waals surface area (Å²) < 4.78 is 86.5. The van der Waals surface area contributed by atoms with Crippen LogP contribution < -0.4 is 4.89 Å². The fourth-order valence-electron chi connectivity index (χ4n) is 15.2. The standard InChI is InChI=1S/C84H156O25P2/c1-5-9-13-17-19-21-23-25-27-29-31-37-45-53-73(85)99-59-69(105-75(87)55-47-39-33-35-43-51-67-57-65(67)49-41-15-11-7-3)61-101-110(95,96)103-63-71-77(89)79(91)81(93)83(107-71)109-84-82(94)80(92)78(90)72(108-84)64-104-111(97,98)102-62-70(60-100-74(86)54-46-38-32-30-28-26-24-22-20-18-14-10-6-2)106-76(88)56-48-40-34-36-44-52-68-58-66(68)50-42-16-12-8-4/h65-72,77-84,89-94H,5-64H2,1-4H3,(H,95,96)(H,97,98)/p-1/t65-,66-,67+,68+,69-,70-,71?,72?,77?,78?,79?,80?,81?,82?,83?,84?/m1/s1. The molecule has 0 spiro atoms. The molecule has 0 aromatic rings. The lowest BCUT2D eigenvalue weighted by molar-refractivity contribution is -0.376. The summed E-state index contributed by atoms with van der Waals surface area (Å²) in [7, 11) is -10.6. The first-order chi connectivity index (χ1) is 53.6. The van der Waals surface area contributed by atoms with Crippen LogP contribution in [0.4, 0.5) is 0 Å². The van der Waals surface area contributed by atoms with E-state index >= 15 is 0 Å². The van der Waals surface area contributed by atoms with Crippen molar-refractivity contribution in [2.45, 2.75) is 448 Å². The molecule has 111 heavy (non-hydrogen) atoms. The van der Waals surface area contributed by atoms with Crippen molar-refractivity contribution in [1.82, 2.24) is 0 Å². The highest BCUT2D eigenvalue weighted by Crippen LogP contribution is 2.48. The van der Waals surface area contributed by atoms with Crippen LogP contribution in [0, 0.1) is 23.7 Å². The summed E-state index contributed by atoms with van der Waals surface area (Å²) in [6.07, 6.45) is 33.7. The van der Waals surface area contributed by atoms with Crippen molar-refractivity contribution >= 4 is 39.5 Å². The zero-order valence-corrected chi connectivity index (χ0v) is 70.8. The molecule has 652 valence electrons. The first-order valence-electron chi connectivity index (χ1n) is 44.6. The fraction of sp³-hybridized carbons (Fsp3) is 0.952. The van der Waals surface area contributed by atoms with Crippen molar-refractivity contribution in [3.05, 3.63) is 0 Å². The van der Waals surface area contributed by atoms with Gasteiger partial charge in [0.15, 0.2) is 24.8 Å². The molecule has 2 aliphatic carbocycles. The second-order valence-electron chi connectivity index (χ2n) is 32.7. The first kappa shape index (κ1) is 101. The van der Waals surface area contributed by atoms with Crippen LogP contribution in [-0.4, -0.2) is 173 Å². The van der Waals surface area contributed by atoms with Gasteiger partial charge >= 0.3 is 31.7 Å². The highest BCUT2D eigenvalue weighted by atomic mass is 31.2. The molecule has 0 bridgehead atoms. The molecular weight excluding hydrogens is 1470 g/mol. The summed E-state index contributed by atoms with van der Waals surface area (Å²) in [6.45, 7) is 4.17. The highest BCUT2D eigenvalue weighted by molar-refractivity contribution is 7.47. The lowest BCUT2D eigenvalue weighted by Gasteiger charge is -2.45. The van der Waals surface area contributed by atoms with Crippen LogP contribution in [0.3, 0.4) is 0 Å². The number of hydrogen-bond acceptors (Lipinski definition) is 24. The number of carbonyl (C=O) groups is 4. The fourth-order valence-corrected chi connectivity index (χ4v) is 16.7. The Hall–Kier alpha value is -2.26. The zero-order valence-electron chi connectivity index (χ0n) is 69.0. The van der Waals surface area contributed by atoms with Crippen molar-refractivity contribution in [1.29, 1.82) is 0 Å². The van der Waals surface area contributed by atoms with Crippen molar-refractivity contribution in [3.63, 3.8) is 0 Å². The van der Waals surface area contributed by atoms with Crippen LogP contribution in [0.1, 0.15) is 374 Å². The van der Waals surface area contributed by atoms with Gasteiger partial charge in [-0.1, -0.05) is 310 Å². The Morgan fingerprint density at radius 3 is 0.937 bits per heavy atom. The number of unbranched alkanes of at least 4 members (excludes halogenated alkanes) is 38. The van der Waals surface area contributed by atoms with E-state index in [0.717, 1.165) is 126 Å². The van der Waals surface area contributed by atoms with Gasteiger partial charge in [-0.25, -0.2) is 4.57 Å². The lowest BCUT2D eigenvalue weighted by atomic mass is 9.98. The molecule has 2 saturated carbocycles. The van der Waals surface area contributed by atoms with Gasteiger partial charge in [0, 0.05) is 25.7 Å². The summed E-state index contributed by atoms with van der Waals surface area (Å²) in [4.78, 5) is 76.5. The van der Waals surface area contributed by atoms with Crippen LogP contribution in [0.5, 0.6) is 0 Å². The van der Waals surface area contributed by atoms with Gasteiger partial charge < -0.3 is 82.6 Å². The van der Waals surface area contributed by atoms with E-state index in [2.05, 4.69) is 27.7 Å². The number of ether oxygens (including phenoxy) is 7. The molecule has 4 fully saturated rings. The van der Waals surface area contributed by atoms with Crippen LogP contribution in [-0.2, 0) is 79.6 Å². The van der Waals surface area contributed by atoms with Gasteiger partial charge in [-0.15, -0.1) is 0 Å². The number of carbonyl (C=O) groups excluding carboxylic acids is 4. The molecule has 0 aromatic carbocycles. The zero-order chi connectivity index (χ0) is 80.8. The van der Waals surface area contributed by atoms with E-state index in [1.807, 2.05) is 0 Å². The van der Waals surface area contributed by atoms with Crippen LogP contribution >= 0.6 is 15.6 Å². The minimum Gasteiger partial charge on any atom is -0.756 e. The Balaban J connectivity index is 1.27. The predicted octanol–water partition coefficient (Wildman–Crippen LogP) is 16.8. The van der Waals surface area contributed by atoms with E-state index in [1.54, 1.807) is 0 Å². The van der Waals surface area contributed by atoms with E-state index in [1.165, 1.54) is 193 Å². The Morgan fingerprint density at radius 2 is 0.613 bits per heavy atom. The lowest BCUT2D eigenvalue weighted by Crippen LogP contribution is -2.63. The molecule has 0 radical (unpaired) electrons. The highest BCUT2D eigenvalue weighted by Gasteiger charge is 2.51. The minimum atomic E-state index is -5.42. The van der Waals surface area contributed by atoms with Gasteiger partial charge in [0.2, 0.25) is 0 Å². The Morgan fingerprint density at radius 1 is 0.342 bits per heavy atom. The number of esters is 4. The molecular formula is C84H155O25P2-. The number of rotatable bonds is 74. The van der Waals surface area contributed by atoms with E-state index in [4.69, 9.17) is 51.3 Å². The summed E-state index contributed by atoms with van der Waals surface area (Å²) in [6, 6.07) is 0. The maximum absolute atomic E-state index is 13.5. The summed E-state index contributed by atoms with van der Waals surface area (Å²) in [5.74, 6) is 1.02. The van der Waals surface area contributed by atoms with E-state index in [9.17, 15) is 68.7 Å². The smallest absolute Gasteiger partial charge is 0.472 e. The summed E-state index contributed by atoms with van der Waals surface area (Å²) >= 11 is 0. The van der Waals surface area contributed by atoms with Crippen molar-refractivity contribution in [3.8, 4) is 0 Å². The largest absolute Gasteiger partial charge is 0.756 e. The average molecular weight is 1630 g/mol.